The summed E-state index contributed by atoms with van der Waals surface area (Å²) in [7, 11) is -3.81. The Balaban J connectivity index is 1.81. The molecule has 1 saturated heterocycles. The number of hydrogen-bond acceptors (Lipinski definition) is 6. The normalized spacial score (nSPS) is 15.2. The van der Waals surface area contributed by atoms with Gasteiger partial charge < -0.3 is 9.80 Å². The first-order valence-electron chi connectivity index (χ1n) is 7.73. The highest BCUT2D eigenvalue weighted by molar-refractivity contribution is 7.89. The second-order valence-corrected chi connectivity index (χ2v) is 7.26. The highest BCUT2D eigenvalue weighted by atomic mass is 32.2. The summed E-state index contributed by atoms with van der Waals surface area (Å²) in [5, 5.41) is 16.5. The molecule has 0 spiro atoms. The minimum Gasteiger partial charge on any atom is -0.367 e. The van der Waals surface area contributed by atoms with E-state index in [1.807, 2.05) is 9.80 Å². The number of para-hydroxylation sites is 3. The Hall–Kier alpha value is -2.65. The molecule has 8 nitrogen and oxygen atoms in total. The third-order valence-corrected chi connectivity index (χ3v) is 5.17. The number of nitro benzene ring substituents is 1. The Kier molecular flexibility index (Phi) is 4.60. The second-order valence-electron chi connectivity index (χ2n) is 5.73. The summed E-state index contributed by atoms with van der Waals surface area (Å²) < 4.78 is 23.5. The van der Waals surface area contributed by atoms with E-state index < -0.39 is 14.9 Å². The molecule has 1 fully saturated rings. The third-order valence-electron chi connectivity index (χ3n) is 4.21. The number of primary sulfonamides is 1. The molecule has 0 unspecified atom stereocenters. The average molecular weight is 362 g/mol. The summed E-state index contributed by atoms with van der Waals surface area (Å²) >= 11 is 0. The van der Waals surface area contributed by atoms with Gasteiger partial charge in [0.15, 0.2) is 0 Å². The predicted molar refractivity (Wildman–Crippen MR) is 95.3 cm³/mol. The molecule has 2 aromatic carbocycles. The molecule has 0 saturated carbocycles. The molecule has 0 radical (unpaired) electrons. The Morgan fingerprint density at radius 1 is 0.880 bits per heavy atom. The van der Waals surface area contributed by atoms with E-state index in [9.17, 15) is 18.5 Å². The van der Waals surface area contributed by atoms with Crippen LogP contribution in [0.1, 0.15) is 0 Å². The van der Waals surface area contributed by atoms with Crippen molar-refractivity contribution < 1.29 is 13.3 Å². The van der Waals surface area contributed by atoms with Gasteiger partial charge in [-0.15, -0.1) is 0 Å². The molecule has 0 aromatic heterocycles. The van der Waals surface area contributed by atoms with E-state index >= 15 is 0 Å². The van der Waals surface area contributed by atoms with Crippen molar-refractivity contribution in [2.75, 3.05) is 36.0 Å². The van der Waals surface area contributed by atoms with Crippen molar-refractivity contribution in [1.29, 1.82) is 0 Å². The van der Waals surface area contributed by atoms with Crippen molar-refractivity contribution >= 4 is 27.1 Å². The van der Waals surface area contributed by atoms with Crippen LogP contribution in [0, 0.1) is 10.1 Å². The van der Waals surface area contributed by atoms with Crippen LogP contribution in [0.25, 0.3) is 0 Å². The number of anilines is 2. The smallest absolute Gasteiger partial charge is 0.292 e. The van der Waals surface area contributed by atoms with E-state index in [0.29, 0.717) is 37.6 Å². The van der Waals surface area contributed by atoms with E-state index in [4.69, 9.17) is 5.14 Å². The van der Waals surface area contributed by atoms with Gasteiger partial charge in [-0.1, -0.05) is 24.3 Å². The molecule has 1 heterocycles. The predicted octanol–water partition coefficient (Wildman–Crippen LogP) is 1.57. The van der Waals surface area contributed by atoms with Crippen LogP contribution in [-0.2, 0) is 10.0 Å². The molecule has 1 aliphatic heterocycles. The quantitative estimate of drug-likeness (QED) is 0.653. The van der Waals surface area contributed by atoms with Crippen LogP contribution in [0.4, 0.5) is 17.1 Å². The average Bonchev–Trinajstić information content (AvgIpc) is 2.61. The minimum atomic E-state index is -3.81. The maximum Gasteiger partial charge on any atom is 0.292 e. The maximum absolute atomic E-state index is 11.8. The summed E-state index contributed by atoms with van der Waals surface area (Å²) in [6.07, 6.45) is 0. The van der Waals surface area contributed by atoms with Crippen LogP contribution in [0.5, 0.6) is 0 Å². The fourth-order valence-corrected chi connectivity index (χ4v) is 3.79. The van der Waals surface area contributed by atoms with Gasteiger partial charge in [0, 0.05) is 32.2 Å². The summed E-state index contributed by atoms with van der Waals surface area (Å²) in [4.78, 5) is 14.8. The first-order chi connectivity index (χ1) is 11.9. The molecule has 2 aromatic rings. The molecule has 0 bridgehead atoms. The molecule has 9 heteroatoms. The molecule has 2 N–H and O–H groups in total. The zero-order chi connectivity index (χ0) is 18.0. The molecule has 132 valence electrons. The van der Waals surface area contributed by atoms with Gasteiger partial charge in [-0.3, -0.25) is 10.1 Å². The van der Waals surface area contributed by atoms with Gasteiger partial charge in [-0.2, -0.15) is 0 Å². The summed E-state index contributed by atoms with van der Waals surface area (Å²) in [5.41, 5.74) is 1.21. The number of sulfonamides is 1. The summed E-state index contributed by atoms with van der Waals surface area (Å²) in [5.74, 6) is 0. The van der Waals surface area contributed by atoms with Crippen molar-refractivity contribution in [2.24, 2.45) is 5.14 Å². The van der Waals surface area contributed by atoms with Crippen LogP contribution in [-0.4, -0.2) is 39.5 Å². The molecule has 1 aliphatic rings. The number of benzene rings is 2. The maximum atomic E-state index is 11.8. The van der Waals surface area contributed by atoms with Crippen molar-refractivity contribution in [3.8, 4) is 0 Å². The highest BCUT2D eigenvalue weighted by Gasteiger charge is 2.25. The lowest BCUT2D eigenvalue weighted by atomic mass is 10.2. The van der Waals surface area contributed by atoms with E-state index in [2.05, 4.69) is 0 Å². The molecule has 0 aliphatic carbocycles. The Bertz CT molecular complexity index is 893. The standard InChI is InChI=1S/C16H18N4O4S/c17-25(23,24)16-8-4-3-7-15(16)19-11-9-18(10-12-19)13-5-1-2-6-14(13)20(21)22/h1-8H,9-12H2,(H2,17,23,24). The van der Waals surface area contributed by atoms with Crippen molar-refractivity contribution in [1.82, 2.24) is 0 Å². The Labute approximate surface area is 145 Å². The van der Waals surface area contributed by atoms with Crippen LogP contribution in [0.3, 0.4) is 0 Å². The number of piperazine rings is 1. The molecule has 0 amide bonds. The van der Waals surface area contributed by atoms with Crippen LogP contribution in [0.2, 0.25) is 0 Å². The molecule has 3 rings (SSSR count). The second kappa shape index (κ2) is 6.69. The first kappa shape index (κ1) is 17.2. The monoisotopic (exact) mass is 362 g/mol. The van der Waals surface area contributed by atoms with E-state index in [1.165, 1.54) is 12.1 Å². The summed E-state index contributed by atoms with van der Waals surface area (Å²) in [6, 6.07) is 13.2. The van der Waals surface area contributed by atoms with Gasteiger partial charge in [0.05, 0.1) is 10.6 Å². The van der Waals surface area contributed by atoms with E-state index in [1.54, 1.807) is 36.4 Å². The molecule has 25 heavy (non-hydrogen) atoms. The van der Waals surface area contributed by atoms with Crippen molar-refractivity contribution in [3.63, 3.8) is 0 Å². The lowest BCUT2D eigenvalue weighted by molar-refractivity contribution is -0.384. The van der Waals surface area contributed by atoms with Crippen molar-refractivity contribution in [3.05, 3.63) is 58.6 Å². The van der Waals surface area contributed by atoms with Gasteiger partial charge in [0.25, 0.3) is 5.69 Å². The lowest BCUT2D eigenvalue weighted by Gasteiger charge is -2.37. The third kappa shape index (κ3) is 3.57. The largest absolute Gasteiger partial charge is 0.367 e. The van der Waals surface area contributed by atoms with Crippen LogP contribution < -0.4 is 14.9 Å². The van der Waals surface area contributed by atoms with Gasteiger partial charge in [0.1, 0.15) is 10.6 Å². The zero-order valence-corrected chi connectivity index (χ0v) is 14.2. The Morgan fingerprint density at radius 3 is 1.92 bits per heavy atom. The summed E-state index contributed by atoms with van der Waals surface area (Å²) in [6.45, 7) is 2.17. The molecule has 0 atom stereocenters. The fourth-order valence-electron chi connectivity index (χ4n) is 3.03. The number of nitrogens with two attached hydrogens (primary N) is 1. The topological polar surface area (TPSA) is 110 Å². The number of rotatable bonds is 4. The molecular formula is C16H18N4O4S. The highest BCUT2D eigenvalue weighted by Crippen LogP contribution is 2.30. The minimum absolute atomic E-state index is 0.0703. The van der Waals surface area contributed by atoms with Crippen LogP contribution in [0.15, 0.2) is 53.4 Å². The number of nitrogens with zero attached hydrogens (tertiary/aromatic N) is 3. The van der Waals surface area contributed by atoms with E-state index in [-0.39, 0.29) is 10.6 Å². The zero-order valence-electron chi connectivity index (χ0n) is 13.4. The first-order valence-corrected chi connectivity index (χ1v) is 9.28. The SMILES string of the molecule is NS(=O)(=O)c1ccccc1N1CCN(c2ccccc2[N+](=O)[O-])CC1. The van der Waals surface area contributed by atoms with E-state index in [0.717, 1.165) is 0 Å². The van der Waals surface area contributed by atoms with Crippen LogP contribution >= 0.6 is 0 Å². The van der Waals surface area contributed by atoms with Gasteiger partial charge in [-0.25, -0.2) is 13.6 Å². The number of hydrogen-bond donors (Lipinski definition) is 1. The molecular weight excluding hydrogens is 344 g/mol. The fraction of sp³-hybridized carbons (Fsp3) is 0.250. The Morgan fingerprint density at radius 2 is 1.36 bits per heavy atom. The van der Waals surface area contributed by atoms with Gasteiger partial charge in [-0.05, 0) is 18.2 Å². The number of nitro groups is 1. The van der Waals surface area contributed by atoms with Crippen molar-refractivity contribution in [2.45, 2.75) is 4.90 Å². The van der Waals surface area contributed by atoms with Gasteiger partial charge in [0.2, 0.25) is 10.0 Å². The lowest BCUT2D eigenvalue weighted by Crippen LogP contribution is -2.47. The van der Waals surface area contributed by atoms with Gasteiger partial charge >= 0.3 is 0 Å².